The van der Waals surface area contributed by atoms with Gasteiger partial charge in [0.2, 0.25) is 23.6 Å². The summed E-state index contributed by atoms with van der Waals surface area (Å²) in [5, 5.41) is 13.6. The van der Waals surface area contributed by atoms with Crippen molar-refractivity contribution in [3.05, 3.63) is 24.3 Å². The largest absolute Gasteiger partial charge is 0.506 e. The van der Waals surface area contributed by atoms with Gasteiger partial charge in [-0.25, -0.2) is 0 Å². The summed E-state index contributed by atoms with van der Waals surface area (Å²) in [6.45, 7) is 14.9. The van der Waals surface area contributed by atoms with Crippen molar-refractivity contribution < 1.29 is 29.0 Å². The number of phenols is 1. The molecule has 1 aromatic carbocycles. The van der Waals surface area contributed by atoms with Crippen molar-refractivity contribution in [1.29, 1.82) is 0 Å². The molecular weight excluding hydrogens is 667 g/mol. The highest BCUT2D eigenvalue weighted by atomic mass is 32.2. The van der Waals surface area contributed by atoms with E-state index in [0.29, 0.717) is 31.0 Å². The molecule has 7 unspecified atom stereocenters. The number of phenolic OH excluding ortho intramolecular Hbond substituents is 1. The topological polar surface area (TPSA) is 123 Å². The van der Waals surface area contributed by atoms with Gasteiger partial charge in [-0.05, 0) is 76.4 Å². The molecule has 0 radical (unpaired) electrons. The number of thioether (sulfide) groups is 1. The molecule has 1 aliphatic heterocycles. The van der Waals surface area contributed by atoms with Crippen LogP contribution in [-0.2, 0) is 23.9 Å². The summed E-state index contributed by atoms with van der Waals surface area (Å²) in [6, 6.07) is 5.25. The quantitative estimate of drug-likeness (QED) is 0.190. The van der Waals surface area contributed by atoms with Crippen LogP contribution in [0.3, 0.4) is 0 Å². The third-order valence-corrected chi connectivity index (χ3v) is 11.2. The maximum atomic E-state index is 14.2. The number of aromatic hydroxyl groups is 1. The molecule has 2 N–H and O–H groups in total. The van der Waals surface area contributed by atoms with Gasteiger partial charge in [-0.15, -0.1) is 0 Å². The van der Waals surface area contributed by atoms with E-state index in [1.165, 1.54) is 0 Å². The first-order valence-electron chi connectivity index (χ1n) is 18.7. The van der Waals surface area contributed by atoms with Crippen LogP contribution in [0.2, 0.25) is 0 Å². The van der Waals surface area contributed by atoms with E-state index in [0.717, 1.165) is 19.3 Å². The Morgan fingerprint density at radius 2 is 1.67 bits per heavy atom. The van der Waals surface area contributed by atoms with E-state index in [2.05, 4.69) is 19.2 Å². The number of hydrogen-bond donors (Lipinski definition) is 2. The van der Waals surface area contributed by atoms with E-state index >= 15 is 0 Å². The van der Waals surface area contributed by atoms with Crippen molar-refractivity contribution >= 4 is 41.1 Å². The minimum atomic E-state index is -0.738. The Balaban J connectivity index is 2.30. The Hall–Kier alpha value is -2.83. The lowest BCUT2D eigenvalue weighted by molar-refractivity contribution is -0.146. The van der Waals surface area contributed by atoms with E-state index < -0.39 is 18.2 Å². The number of methoxy groups -OCH3 is 1. The predicted molar refractivity (Wildman–Crippen MR) is 208 cm³/mol. The third-order valence-electron chi connectivity index (χ3n) is 10.5. The highest BCUT2D eigenvalue weighted by Gasteiger charge is 2.41. The molecular formula is C39H67N5O6S. The molecule has 1 aliphatic rings. The summed E-state index contributed by atoms with van der Waals surface area (Å²) >= 11 is 1.60. The summed E-state index contributed by atoms with van der Waals surface area (Å²) in [5.41, 5.74) is 0.491. The van der Waals surface area contributed by atoms with Crippen LogP contribution in [0.4, 0.5) is 5.69 Å². The normalized spacial score (nSPS) is 18.3. The Bertz CT molecular complexity index is 1270. The Morgan fingerprint density at radius 1 is 1.02 bits per heavy atom. The monoisotopic (exact) mass is 733 g/mol. The number of nitrogens with one attached hydrogen (secondary N) is 1. The van der Waals surface area contributed by atoms with E-state index in [4.69, 9.17) is 4.74 Å². The average molecular weight is 734 g/mol. The number of carbonyl (C=O) groups excluding carboxylic acids is 4. The summed E-state index contributed by atoms with van der Waals surface area (Å²) in [5.74, 6) is -0.259. The van der Waals surface area contributed by atoms with Gasteiger partial charge in [-0.3, -0.25) is 24.1 Å². The molecule has 7 atom stereocenters. The summed E-state index contributed by atoms with van der Waals surface area (Å²) in [7, 11) is 7.07. The predicted octanol–water partition coefficient (Wildman–Crippen LogP) is 5.11. The SMILES string of the molecule is CCC(C)C(C(CC(=O)N1CCCC1CC(CSC)C(=O)N(CC)c1ccccc1O)OC)N(C)C(=O)C(NC(=O)C(C(C)C)N(C)C)C(C)C. The van der Waals surface area contributed by atoms with E-state index in [1.807, 2.05) is 70.8 Å². The standard InChI is InChI=1S/C39H67N5O6S/c1-13-27(7)36(42(10)39(49)34(25(3)4)40-37(47)35(26(5)6)41(8)9)32(50-11)23-33(46)44-21-17-18-29(44)22-28(24-51-12)38(48)43(14-2)30-19-15-16-20-31(30)45/h15-16,19-20,25-29,32,34-36,45H,13-14,17-18,21-24H2,1-12H3,(H,40,47). The number of anilines is 1. The minimum Gasteiger partial charge on any atom is -0.506 e. The molecule has 4 amide bonds. The number of likely N-dealkylation sites (N-methyl/N-ethyl adjacent to an activating group) is 2. The van der Waals surface area contributed by atoms with Gasteiger partial charge >= 0.3 is 0 Å². The van der Waals surface area contributed by atoms with Crippen LogP contribution in [0.25, 0.3) is 0 Å². The highest BCUT2D eigenvalue weighted by molar-refractivity contribution is 7.98. The number of nitrogens with zero attached hydrogens (tertiary/aromatic N) is 4. The molecule has 0 aromatic heterocycles. The van der Waals surface area contributed by atoms with Crippen LogP contribution in [0.1, 0.15) is 80.6 Å². The average Bonchev–Trinajstić information content (AvgIpc) is 3.55. The first kappa shape index (κ1) is 44.3. The smallest absolute Gasteiger partial charge is 0.245 e. The van der Waals surface area contributed by atoms with Gasteiger partial charge in [-0.2, -0.15) is 11.8 Å². The Morgan fingerprint density at radius 3 is 2.18 bits per heavy atom. The summed E-state index contributed by atoms with van der Waals surface area (Å²) in [4.78, 5) is 62.8. The number of rotatable bonds is 20. The molecule has 51 heavy (non-hydrogen) atoms. The molecule has 1 aromatic rings. The molecule has 11 nitrogen and oxygen atoms in total. The second kappa shape index (κ2) is 21.0. The molecule has 0 spiro atoms. The molecule has 0 aliphatic carbocycles. The number of amides is 4. The second-order valence-electron chi connectivity index (χ2n) is 15.0. The lowest BCUT2D eigenvalue weighted by Crippen LogP contribution is -2.59. The van der Waals surface area contributed by atoms with Crippen molar-refractivity contribution in [3.63, 3.8) is 0 Å². The Kier molecular flexibility index (Phi) is 18.3. The fourth-order valence-electron chi connectivity index (χ4n) is 7.66. The fourth-order valence-corrected chi connectivity index (χ4v) is 8.34. The maximum absolute atomic E-state index is 14.2. The summed E-state index contributed by atoms with van der Waals surface area (Å²) < 4.78 is 6.04. The number of hydrogen-bond acceptors (Lipinski definition) is 8. The van der Waals surface area contributed by atoms with E-state index in [9.17, 15) is 24.3 Å². The van der Waals surface area contributed by atoms with Gasteiger partial charge < -0.3 is 29.9 Å². The van der Waals surface area contributed by atoms with Crippen LogP contribution in [-0.4, -0.2) is 127 Å². The van der Waals surface area contributed by atoms with Crippen molar-refractivity contribution in [1.82, 2.24) is 20.0 Å². The van der Waals surface area contributed by atoms with E-state index in [-0.39, 0.29) is 71.6 Å². The molecule has 0 bridgehead atoms. The molecule has 290 valence electrons. The molecule has 1 heterocycles. The lowest BCUT2D eigenvalue weighted by atomic mass is 9.89. The van der Waals surface area contributed by atoms with Gasteiger partial charge in [0.05, 0.1) is 30.3 Å². The van der Waals surface area contributed by atoms with Gasteiger partial charge in [0, 0.05) is 45.0 Å². The first-order valence-corrected chi connectivity index (χ1v) is 20.1. The second-order valence-corrected chi connectivity index (χ2v) is 15.9. The minimum absolute atomic E-state index is 0.0118. The number of benzene rings is 1. The van der Waals surface area contributed by atoms with Crippen LogP contribution in [0.15, 0.2) is 24.3 Å². The molecule has 12 heteroatoms. The zero-order valence-electron chi connectivity index (χ0n) is 33.3. The number of para-hydroxylation sites is 2. The van der Waals surface area contributed by atoms with Crippen molar-refractivity contribution in [3.8, 4) is 5.75 Å². The van der Waals surface area contributed by atoms with Crippen molar-refractivity contribution in [2.45, 2.75) is 111 Å². The van der Waals surface area contributed by atoms with Crippen LogP contribution in [0.5, 0.6) is 5.75 Å². The lowest BCUT2D eigenvalue weighted by Gasteiger charge is -2.40. The summed E-state index contributed by atoms with van der Waals surface area (Å²) in [6.07, 6.45) is 4.44. The number of carbonyl (C=O) groups is 4. The van der Waals surface area contributed by atoms with Crippen LogP contribution >= 0.6 is 11.8 Å². The molecule has 2 rings (SSSR count). The molecule has 0 saturated carbocycles. The van der Waals surface area contributed by atoms with Gasteiger partial charge in [0.1, 0.15) is 11.8 Å². The van der Waals surface area contributed by atoms with Crippen LogP contribution < -0.4 is 10.2 Å². The number of ether oxygens (including phenoxy) is 1. The fraction of sp³-hybridized carbons (Fsp3) is 0.744. The number of likely N-dealkylation sites (tertiary alicyclic amines) is 1. The van der Waals surface area contributed by atoms with E-state index in [1.54, 1.807) is 53.9 Å². The highest BCUT2D eigenvalue weighted by Crippen LogP contribution is 2.32. The van der Waals surface area contributed by atoms with Gasteiger partial charge in [-0.1, -0.05) is 60.1 Å². The Labute approximate surface area is 312 Å². The zero-order valence-corrected chi connectivity index (χ0v) is 34.2. The molecule has 1 fully saturated rings. The molecule has 1 saturated heterocycles. The van der Waals surface area contributed by atoms with Gasteiger partial charge in [0.25, 0.3) is 0 Å². The third kappa shape index (κ3) is 11.6. The zero-order chi connectivity index (χ0) is 38.6. The van der Waals surface area contributed by atoms with Crippen LogP contribution in [0, 0.1) is 23.7 Å². The first-order chi connectivity index (χ1) is 24.0. The maximum Gasteiger partial charge on any atom is 0.245 e. The van der Waals surface area contributed by atoms with Crippen molar-refractivity contribution in [2.24, 2.45) is 23.7 Å². The van der Waals surface area contributed by atoms with Gasteiger partial charge in [0.15, 0.2) is 0 Å². The van der Waals surface area contributed by atoms with Crippen molar-refractivity contribution in [2.75, 3.05) is 58.3 Å².